The van der Waals surface area contributed by atoms with Crippen LogP contribution in [0.25, 0.3) is 0 Å². The van der Waals surface area contributed by atoms with Gasteiger partial charge in [-0.3, -0.25) is 0 Å². The van der Waals surface area contributed by atoms with E-state index in [1.165, 1.54) is 51.4 Å². The van der Waals surface area contributed by atoms with Crippen molar-refractivity contribution in [3.63, 3.8) is 0 Å². The van der Waals surface area contributed by atoms with Gasteiger partial charge in [0.1, 0.15) is 0 Å². The summed E-state index contributed by atoms with van der Waals surface area (Å²) >= 11 is 1.58. The van der Waals surface area contributed by atoms with Gasteiger partial charge in [0.2, 0.25) is 0 Å². The zero-order valence-electron chi connectivity index (χ0n) is 14.8. The van der Waals surface area contributed by atoms with Crippen molar-refractivity contribution in [1.29, 1.82) is 0 Å². The molecule has 0 atom stereocenters. The van der Waals surface area contributed by atoms with Crippen molar-refractivity contribution in [3.8, 4) is 0 Å². The summed E-state index contributed by atoms with van der Waals surface area (Å²) in [5.74, 6) is -0.189. The lowest BCUT2D eigenvalue weighted by atomic mass is 10.1. The van der Waals surface area contributed by atoms with Gasteiger partial charge in [-0.05, 0) is 24.8 Å². The van der Waals surface area contributed by atoms with Crippen molar-refractivity contribution in [2.75, 3.05) is 12.9 Å². The summed E-state index contributed by atoms with van der Waals surface area (Å²) in [6.07, 6.45) is 14.9. The molecule has 0 aromatic heterocycles. The summed E-state index contributed by atoms with van der Waals surface area (Å²) in [5, 5.41) is 0. The number of benzene rings is 1. The number of unbranched alkanes of at least 4 members (excludes halogenated alkanes) is 9. The Hall–Kier alpha value is -0.960. The Bertz CT molecular complexity index is 431. The highest BCUT2D eigenvalue weighted by atomic mass is 32.2. The molecule has 0 aliphatic rings. The molecule has 23 heavy (non-hydrogen) atoms. The van der Waals surface area contributed by atoms with Gasteiger partial charge in [0.15, 0.2) is 0 Å². The predicted octanol–water partition coefficient (Wildman–Crippen LogP) is 6.49. The van der Waals surface area contributed by atoms with Crippen LogP contribution in [0.1, 0.15) is 81.5 Å². The number of hydrogen-bond donors (Lipinski definition) is 0. The first-order valence-corrected chi connectivity index (χ1v) is 10.3. The fraction of sp³-hybridized carbons (Fsp3) is 0.650. The molecule has 1 rings (SSSR count). The summed E-state index contributed by atoms with van der Waals surface area (Å²) in [7, 11) is 0. The van der Waals surface area contributed by atoms with Crippen LogP contribution in [0.3, 0.4) is 0 Å². The van der Waals surface area contributed by atoms with Crippen LogP contribution in [0.2, 0.25) is 0 Å². The number of ether oxygens (including phenoxy) is 1. The molecule has 0 spiro atoms. The lowest BCUT2D eigenvalue weighted by Crippen LogP contribution is -2.07. The molecule has 0 fully saturated rings. The lowest BCUT2D eigenvalue weighted by molar-refractivity contribution is 0.0493. The first kappa shape index (κ1) is 20.1. The smallest absolute Gasteiger partial charge is 0.339 e. The van der Waals surface area contributed by atoms with Crippen molar-refractivity contribution in [3.05, 3.63) is 29.8 Å². The minimum Gasteiger partial charge on any atom is -0.462 e. The zero-order chi connectivity index (χ0) is 16.8. The van der Waals surface area contributed by atoms with Gasteiger partial charge in [-0.2, -0.15) is 0 Å². The SMILES string of the molecule is CCCCCCCCCCCCOC(=O)c1ccccc1SC. The number of rotatable bonds is 13. The van der Waals surface area contributed by atoms with Crippen molar-refractivity contribution < 1.29 is 9.53 Å². The maximum atomic E-state index is 12.0. The maximum Gasteiger partial charge on any atom is 0.339 e. The van der Waals surface area contributed by atoms with Gasteiger partial charge in [-0.15, -0.1) is 11.8 Å². The Morgan fingerprint density at radius 2 is 1.48 bits per heavy atom. The van der Waals surface area contributed by atoms with E-state index in [1.807, 2.05) is 30.5 Å². The summed E-state index contributed by atoms with van der Waals surface area (Å²) in [6, 6.07) is 7.64. The number of carbonyl (C=O) groups is 1. The summed E-state index contributed by atoms with van der Waals surface area (Å²) in [5.41, 5.74) is 0.687. The van der Waals surface area contributed by atoms with Gasteiger partial charge in [-0.1, -0.05) is 76.8 Å². The third-order valence-electron chi connectivity index (χ3n) is 4.06. The summed E-state index contributed by atoms with van der Waals surface area (Å²) in [6.45, 7) is 2.80. The van der Waals surface area contributed by atoms with Crippen LogP contribution >= 0.6 is 11.8 Å². The third-order valence-corrected chi connectivity index (χ3v) is 4.85. The molecule has 0 amide bonds. The molecule has 0 heterocycles. The Kier molecular flexibility index (Phi) is 11.8. The van der Waals surface area contributed by atoms with E-state index in [2.05, 4.69) is 6.92 Å². The van der Waals surface area contributed by atoms with E-state index in [1.54, 1.807) is 11.8 Å². The number of carbonyl (C=O) groups excluding carboxylic acids is 1. The Labute approximate surface area is 146 Å². The third kappa shape index (κ3) is 9.04. The molecular formula is C20H32O2S. The fourth-order valence-electron chi connectivity index (χ4n) is 2.65. The van der Waals surface area contributed by atoms with E-state index in [4.69, 9.17) is 4.74 Å². The number of hydrogen-bond acceptors (Lipinski definition) is 3. The molecule has 0 unspecified atom stereocenters. The van der Waals surface area contributed by atoms with Crippen molar-refractivity contribution in [2.24, 2.45) is 0 Å². The molecule has 3 heteroatoms. The lowest BCUT2D eigenvalue weighted by Gasteiger charge is -2.08. The second kappa shape index (κ2) is 13.5. The molecule has 0 N–H and O–H groups in total. The Morgan fingerprint density at radius 1 is 0.913 bits per heavy atom. The molecule has 2 nitrogen and oxygen atoms in total. The van der Waals surface area contributed by atoms with E-state index in [9.17, 15) is 4.79 Å². The summed E-state index contributed by atoms with van der Waals surface area (Å²) < 4.78 is 5.39. The molecular weight excluding hydrogens is 304 g/mol. The van der Waals surface area contributed by atoms with E-state index in [0.29, 0.717) is 12.2 Å². The van der Waals surface area contributed by atoms with Crippen molar-refractivity contribution in [2.45, 2.75) is 76.0 Å². The van der Waals surface area contributed by atoms with Gasteiger partial charge in [0.05, 0.1) is 12.2 Å². The van der Waals surface area contributed by atoms with Crippen LogP contribution in [-0.4, -0.2) is 18.8 Å². The maximum absolute atomic E-state index is 12.0. The molecule has 0 aliphatic heterocycles. The predicted molar refractivity (Wildman–Crippen MR) is 100 cm³/mol. The molecule has 0 radical (unpaired) electrons. The normalized spacial score (nSPS) is 10.7. The fourth-order valence-corrected chi connectivity index (χ4v) is 3.23. The van der Waals surface area contributed by atoms with Crippen molar-refractivity contribution >= 4 is 17.7 Å². The molecule has 130 valence electrons. The van der Waals surface area contributed by atoms with Crippen LogP contribution in [0.4, 0.5) is 0 Å². The molecule has 0 aliphatic carbocycles. The van der Waals surface area contributed by atoms with Crippen molar-refractivity contribution in [1.82, 2.24) is 0 Å². The van der Waals surface area contributed by atoms with Crippen LogP contribution < -0.4 is 0 Å². The van der Waals surface area contributed by atoms with E-state index in [-0.39, 0.29) is 5.97 Å². The van der Waals surface area contributed by atoms with Crippen LogP contribution in [0, 0.1) is 0 Å². The Morgan fingerprint density at radius 3 is 2.09 bits per heavy atom. The topological polar surface area (TPSA) is 26.3 Å². The highest BCUT2D eigenvalue weighted by molar-refractivity contribution is 7.98. The minimum atomic E-state index is -0.189. The highest BCUT2D eigenvalue weighted by Gasteiger charge is 2.11. The summed E-state index contributed by atoms with van der Waals surface area (Å²) in [4.78, 5) is 13.0. The largest absolute Gasteiger partial charge is 0.462 e. The van der Waals surface area contributed by atoms with Gasteiger partial charge < -0.3 is 4.74 Å². The number of esters is 1. The molecule has 1 aromatic carbocycles. The van der Waals surface area contributed by atoms with Gasteiger partial charge in [0.25, 0.3) is 0 Å². The van der Waals surface area contributed by atoms with Gasteiger partial charge in [-0.25, -0.2) is 4.79 Å². The van der Waals surface area contributed by atoms with E-state index < -0.39 is 0 Å². The standard InChI is InChI=1S/C20H32O2S/c1-3-4-5-6-7-8-9-10-11-14-17-22-20(21)18-15-12-13-16-19(18)23-2/h12-13,15-16H,3-11,14,17H2,1-2H3. The second-order valence-electron chi connectivity index (χ2n) is 6.02. The molecule has 0 saturated carbocycles. The Balaban J connectivity index is 2.01. The first-order valence-electron chi connectivity index (χ1n) is 9.09. The zero-order valence-corrected chi connectivity index (χ0v) is 15.6. The van der Waals surface area contributed by atoms with E-state index in [0.717, 1.165) is 17.7 Å². The highest BCUT2D eigenvalue weighted by Crippen LogP contribution is 2.20. The van der Waals surface area contributed by atoms with Crippen LogP contribution in [0.15, 0.2) is 29.2 Å². The minimum absolute atomic E-state index is 0.189. The second-order valence-corrected chi connectivity index (χ2v) is 6.87. The van der Waals surface area contributed by atoms with Gasteiger partial charge in [0, 0.05) is 4.90 Å². The first-order chi connectivity index (χ1) is 11.3. The monoisotopic (exact) mass is 336 g/mol. The quantitative estimate of drug-likeness (QED) is 0.234. The van der Waals surface area contributed by atoms with Gasteiger partial charge >= 0.3 is 5.97 Å². The average molecular weight is 337 g/mol. The average Bonchev–Trinajstić information content (AvgIpc) is 2.59. The molecule has 0 bridgehead atoms. The van der Waals surface area contributed by atoms with Crippen LogP contribution in [0.5, 0.6) is 0 Å². The number of thioether (sulfide) groups is 1. The molecule has 0 saturated heterocycles. The van der Waals surface area contributed by atoms with Crippen LogP contribution in [-0.2, 0) is 4.74 Å². The van der Waals surface area contributed by atoms with E-state index >= 15 is 0 Å². The molecule has 1 aromatic rings.